The van der Waals surface area contributed by atoms with E-state index in [4.69, 9.17) is 14.3 Å². The molecule has 0 saturated carbocycles. The quantitative estimate of drug-likeness (QED) is 0.553. The highest BCUT2D eigenvalue weighted by Gasteiger charge is 2.58. The van der Waals surface area contributed by atoms with E-state index in [-0.39, 0.29) is 30.7 Å². The minimum absolute atomic E-state index is 0.103. The van der Waals surface area contributed by atoms with Gasteiger partial charge in [-0.3, -0.25) is 19.3 Å². The first kappa shape index (κ1) is 20.6. The number of piperidine rings is 1. The van der Waals surface area contributed by atoms with Crippen molar-refractivity contribution in [3.05, 3.63) is 29.8 Å². The smallest absolute Gasteiger partial charge is 0.311 e. The summed E-state index contributed by atoms with van der Waals surface area (Å²) in [6.07, 6.45) is 1.33. The van der Waals surface area contributed by atoms with Crippen molar-refractivity contribution < 1.29 is 29.0 Å². The van der Waals surface area contributed by atoms with E-state index in [1.807, 2.05) is 12.1 Å². The number of methoxy groups -OCH3 is 2. The Bertz CT molecular complexity index is 702. The maximum absolute atomic E-state index is 12.6. The highest BCUT2D eigenvalue weighted by Crippen LogP contribution is 2.44. The molecule has 28 heavy (non-hydrogen) atoms. The first-order valence-corrected chi connectivity index (χ1v) is 9.53. The Kier molecular flexibility index (Phi) is 6.53. The van der Waals surface area contributed by atoms with E-state index in [0.29, 0.717) is 39.1 Å². The molecule has 1 spiro atoms. The number of rotatable bonds is 7. The van der Waals surface area contributed by atoms with E-state index in [9.17, 15) is 14.7 Å². The fourth-order valence-electron chi connectivity index (χ4n) is 4.26. The minimum atomic E-state index is -0.687. The van der Waals surface area contributed by atoms with Crippen LogP contribution >= 0.6 is 0 Å². The third kappa shape index (κ3) is 4.14. The van der Waals surface area contributed by atoms with Gasteiger partial charge in [-0.05, 0) is 30.5 Å². The molecule has 8 heteroatoms. The molecule has 1 aromatic carbocycles. The van der Waals surface area contributed by atoms with Gasteiger partial charge in [0.1, 0.15) is 5.75 Å². The van der Waals surface area contributed by atoms with Gasteiger partial charge in [0.05, 0.1) is 31.8 Å². The zero-order valence-electron chi connectivity index (χ0n) is 16.4. The highest BCUT2D eigenvalue weighted by atomic mass is 16.7. The number of ether oxygens (including phenoxy) is 2. The van der Waals surface area contributed by atoms with Gasteiger partial charge in [-0.2, -0.15) is 0 Å². The third-order valence-corrected chi connectivity index (χ3v) is 5.69. The van der Waals surface area contributed by atoms with Crippen molar-refractivity contribution in [3.8, 4) is 5.75 Å². The molecule has 0 bridgehead atoms. The van der Waals surface area contributed by atoms with Gasteiger partial charge < -0.3 is 14.6 Å². The number of carbonyl (C=O) groups is 2. The molecule has 1 aromatic rings. The topological polar surface area (TPSA) is 88.5 Å². The van der Waals surface area contributed by atoms with Crippen molar-refractivity contribution in [1.82, 2.24) is 9.96 Å². The number of amides is 1. The SMILES string of the molecule is COCCON1C(=O)CC(C(=O)OC)C12CCN(Cc1cccc(O)c1)CC2. The van der Waals surface area contributed by atoms with Gasteiger partial charge in [-0.25, -0.2) is 5.06 Å². The van der Waals surface area contributed by atoms with Crippen LogP contribution < -0.4 is 0 Å². The number of hydrogen-bond acceptors (Lipinski definition) is 7. The van der Waals surface area contributed by atoms with Crippen LogP contribution in [0.25, 0.3) is 0 Å². The first-order valence-electron chi connectivity index (χ1n) is 9.53. The van der Waals surface area contributed by atoms with Gasteiger partial charge in [0.2, 0.25) is 5.91 Å². The lowest BCUT2D eigenvalue weighted by atomic mass is 9.77. The average Bonchev–Trinajstić information content (AvgIpc) is 2.95. The summed E-state index contributed by atoms with van der Waals surface area (Å²) in [5.41, 5.74) is 0.337. The summed E-state index contributed by atoms with van der Waals surface area (Å²) in [6.45, 7) is 2.74. The Morgan fingerprint density at radius 1 is 1.25 bits per heavy atom. The lowest BCUT2D eigenvalue weighted by molar-refractivity contribution is -0.227. The molecule has 2 aliphatic rings. The molecule has 2 fully saturated rings. The summed E-state index contributed by atoms with van der Waals surface area (Å²) in [4.78, 5) is 33.0. The molecule has 1 amide bonds. The summed E-state index contributed by atoms with van der Waals surface area (Å²) < 4.78 is 10.00. The Hall–Kier alpha value is -2.16. The van der Waals surface area contributed by atoms with Crippen molar-refractivity contribution in [1.29, 1.82) is 0 Å². The molecule has 2 heterocycles. The molecule has 0 aromatic heterocycles. The number of likely N-dealkylation sites (tertiary alicyclic amines) is 1. The van der Waals surface area contributed by atoms with Crippen LogP contribution in [0.15, 0.2) is 24.3 Å². The fourth-order valence-corrected chi connectivity index (χ4v) is 4.26. The largest absolute Gasteiger partial charge is 0.508 e. The molecule has 0 aliphatic carbocycles. The Balaban J connectivity index is 1.72. The van der Waals surface area contributed by atoms with Crippen molar-refractivity contribution in [2.24, 2.45) is 5.92 Å². The maximum Gasteiger partial charge on any atom is 0.311 e. The first-order chi connectivity index (χ1) is 13.5. The number of nitrogens with zero attached hydrogens (tertiary/aromatic N) is 2. The van der Waals surface area contributed by atoms with E-state index in [1.54, 1.807) is 19.2 Å². The number of benzene rings is 1. The normalized spacial score (nSPS) is 22.0. The van der Waals surface area contributed by atoms with Crippen LogP contribution in [0.4, 0.5) is 0 Å². The third-order valence-electron chi connectivity index (χ3n) is 5.69. The average molecular weight is 392 g/mol. The standard InChI is InChI=1S/C20H28N2O6/c1-26-10-11-28-22-18(24)13-17(19(25)27-2)20(22)6-8-21(9-7-20)14-15-4-3-5-16(23)12-15/h3-5,12,17,23H,6-11,13-14H2,1-2H3. The van der Waals surface area contributed by atoms with Crippen LogP contribution in [0.2, 0.25) is 0 Å². The van der Waals surface area contributed by atoms with Crippen LogP contribution in [-0.4, -0.2) is 73.0 Å². The second-order valence-electron chi connectivity index (χ2n) is 7.34. The molecular weight excluding hydrogens is 364 g/mol. The summed E-state index contributed by atoms with van der Waals surface area (Å²) in [6, 6.07) is 7.20. The van der Waals surface area contributed by atoms with Gasteiger partial charge in [-0.1, -0.05) is 12.1 Å². The minimum Gasteiger partial charge on any atom is -0.508 e. The fraction of sp³-hybridized carbons (Fsp3) is 0.600. The number of hydrogen-bond donors (Lipinski definition) is 1. The van der Waals surface area contributed by atoms with E-state index in [2.05, 4.69) is 4.90 Å². The van der Waals surface area contributed by atoms with Gasteiger partial charge in [0.15, 0.2) is 0 Å². The number of phenolic OH excluding ortho intramolecular Hbond substituents is 1. The lowest BCUT2D eigenvalue weighted by Gasteiger charge is -2.45. The number of phenols is 1. The van der Waals surface area contributed by atoms with Crippen LogP contribution in [0, 0.1) is 5.92 Å². The molecule has 8 nitrogen and oxygen atoms in total. The summed E-state index contributed by atoms with van der Waals surface area (Å²) >= 11 is 0. The van der Waals surface area contributed by atoms with Crippen molar-refractivity contribution in [2.75, 3.05) is 40.5 Å². The van der Waals surface area contributed by atoms with Crippen LogP contribution in [0.3, 0.4) is 0 Å². The van der Waals surface area contributed by atoms with Crippen molar-refractivity contribution >= 4 is 11.9 Å². The van der Waals surface area contributed by atoms with Crippen LogP contribution in [-0.2, 0) is 30.4 Å². The Labute approximate surface area is 164 Å². The maximum atomic E-state index is 12.6. The lowest BCUT2D eigenvalue weighted by Crippen LogP contribution is -2.57. The second kappa shape index (κ2) is 8.89. The highest BCUT2D eigenvalue weighted by molar-refractivity contribution is 5.88. The molecule has 0 radical (unpaired) electrons. The second-order valence-corrected chi connectivity index (χ2v) is 7.34. The predicted octanol–water partition coefficient (Wildman–Crippen LogP) is 1.33. The molecule has 154 valence electrons. The molecule has 1 N–H and O–H groups in total. The van der Waals surface area contributed by atoms with Crippen molar-refractivity contribution in [3.63, 3.8) is 0 Å². The Morgan fingerprint density at radius 2 is 2.00 bits per heavy atom. The molecule has 1 unspecified atom stereocenters. The van der Waals surface area contributed by atoms with E-state index < -0.39 is 11.5 Å². The van der Waals surface area contributed by atoms with Gasteiger partial charge in [-0.15, -0.1) is 0 Å². The predicted molar refractivity (Wildman–Crippen MR) is 100 cm³/mol. The molecular formula is C20H28N2O6. The number of esters is 1. The van der Waals surface area contributed by atoms with E-state index in [0.717, 1.165) is 5.56 Å². The zero-order chi connectivity index (χ0) is 20.1. The van der Waals surface area contributed by atoms with Crippen molar-refractivity contribution in [2.45, 2.75) is 31.3 Å². The zero-order valence-corrected chi connectivity index (χ0v) is 16.4. The summed E-state index contributed by atoms with van der Waals surface area (Å²) in [7, 11) is 2.92. The molecule has 2 aliphatic heterocycles. The van der Waals surface area contributed by atoms with Gasteiger partial charge in [0, 0.05) is 33.2 Å². The number of hydroxylamine groups is 2. The van der Waals surface area contributed by atoms with E-state index >= 15 is 0 Å². The van der Waals surface area contributed by atoms with Crippen LogP contribution in [0.5, 0.6) is 5.75 Å². The van der Waals surface area contributed by atoms with E-state index in [1.165, 1.54) is 12.2 Å². The Morgan fingerprint density at radius 3 is 2.64 bits per heavy atom. The van der Waals surface area contributed by atoms with Gasteiger partial charge in [0.25, 0.3) is 0 Å². The van der Waals surface area contributed by atoms with Gasteiger partial charge >= 0.3 is 5.97 Å². The number of carbonyl (C=O) groups excluding carboxylic acids is 2. The molecule has 3 rings (SSSR count). The number of aromatic hydroxyl groups is 1. The molecule has 2 saturated heterocycles. The van der Waals surface area contributed by atoms with Crippen LogP contribution in [0.1, 0.15) is 24.8 Å². The molecule has 1 atom stereocenters. The monoisotopic (exact) mass is 392 g/mol. The summed E-state index contributed by atoms with van der Waals surface area (Å²) in [5, 5.41) is 11.1. The summed E-state index contributed by atoms with van der Waals surface area (Å²) in [5.74, 6) is -0.841.